The molecule has 0 aromatic heterocycles. The van der Waals surface area contributed by atoms with Gasteiger partial charge in [0.05, 0.1) is 18.4 Å². The quantitative estimate of drug-likeness (QED) is 0.536. The maximum absolute atomic E-state index is 13.7. The molecule has 1 aliphatic rings. The summed E-state index contributed by atoms with van der Waals surface area (Å²) in [4.78, 5) is 27.6. The van der Waals surface area contributed by atoms with Gasteiger partial charge in [-0.3, -0.25) is 9.59 Å². The minimum Gasteiger partial charge on any atom is -0.495 e. The summed E-state index contributed by atoms with van der Waals surface area (Å²) >= 11 is 6.06. The molecule has 1 aliphatic heterocycles. The van der Waals surface area contributed by atoms with Gasteiger partial charge in [0.15, 0.2) is 11.6 Å². The van der Waals surface area contributed by atoms with Gasteiger partial charge >= 0.3 is 0 Å². The molecule has 0 unspecified atom stereocenters. The number of benzene rings is 3. The molecule has 0 spiro atoms. The van der Waals surface area contributed by atoms with Gasteiger partial charge in [-0.25, -0.2) is 18.1 Å². The Morgan fingerprint density at radius 1 is 0.875 bits per heavy atom. The summed E-state index contributed by atoms with van der Waals surface area (Å²) in [6.45, 7) is 0. The summed E-state index contributed by atoms with van der Waals surface area (Å²) in [5.74, 6) is -4.03. The van der Waals surface area contributed by atoms with E-state index in [0.29, 0.717) is 0 Å². The van der Waals surface area contributed by atoms with Crippen LogP contribution in [0.3, 0.4) is 0 Å². The lowest BCUT2D eigenvalue weighted by atomic mass is 10.0. The number of nitrogens with zero attached hydrogens (tertiary/aromatic N) is 1. The monoisotopic (exact) mass is 458 g/mol. The van der Waals surface area contributed by atoms with E-state index in [4.69, 9.17) is 16.3 Å². The van der Waals surface area contributed by atoms with Crippen molar-refractivity contribution < 1.29 is 27.5 Å². The Hall–Kier alpha value is -3.78. The molecule has 162 valence electrons. The van der Waals surface area contributed by atoms with Crippen molar-refractivity contribution >= 4 is 40.4 Å². The summed E-state index contributed by atoms with van der Waals surface area (Å²) in [6.07, 6.45) is 0. The Balaban J connectivity index is 1.86. The maximum Gasteiger partial charge on any atom is 0.282 e. The molecular formula is C23H14ClF3N2O3. The highest BCUT2D eigenvalue weighted by molar-refractivity contribution is 6.46. The third-order valence-electron chi connectivity index (χ3n) is 4.79. The summed E-state index contributed by atoms with van der Waals surface area (Å²) in [5.41, 5.74) is 0.103. The van der Waals surface area contributed by atoms with Crippen LogP contribution in [0, 0.1) is 17.5 Å². The van der Waals surface area contributed by atoms with Crippen molar-refractivity contribution in [3.05, 3.63) is 94.4 Å². The van der Waals surface area contributed by atoms with Crippen molar-refractivity contribution in [1.82, 2.24) is 0 Å². The Labute approximate surface area is 185 Å². The van der Waals surface area contributed by atoms with Crippen LogP contribution in [0.25, 0.3) is 5.57 Å². The minimum absolute atomic E-state index is 0.0413. The Morgan fingerprint density at radius 2 is 1.59 bits per heavy atom. The third kappa shape index (κ3) is 3.80. The van der Waals surface area contributed by atoms with Crippen LogP contribution in [0.4, 0.5) is 24.5 Å². The number of carbonyl (C=O) groups is 2. The van der Waals surface area contributed by atoms with Crippen LogP contribution in [0.5, 0.6) is 5.75 Å². The van der Waals surface area contributed by atoms with E-state index in [-0.39, 0.29) is 39.0 Å². The number of rotatable bonds is 5. The number of imide groups is 1. The van der Waals surface area contributed by atoms with Crippen molar-refractivity contribution in [3.63, 3.8) is 0 Å². The molecule has 1 N–H and O–H groups in total. The van der Waals surface area contributed by atoms with Crippen molar-refractivity contribution in [2.24, 2.45) is 0 Å². The van der Waals surface area contributed by atoms with Crippen LogP contribution >= 0.6 is 11.6 Å². The highest BCUT2D eigenvalue weighted by Gasteiger charge is 2.41. The summed E-state index contributed by atoms with van der Waals surface area (Å²) in [5, 5.41) is 2.95. The molecule has 4 rings (SSSR count). The molecule has 0 radical (unpaired) electrons. The molecule has 0 fully saturated rings. The van der Waals surface area contributed by atoms with Crippen LogP contribution in [0.1, 0.15) is 5.56 Å². The Kier molecular flexibility index (Phi) is 5.63. The van der Waals surface area contributed by atoms with Gasteiger partial charge in [0.1, 0.15) is 17.3 Å². The van der Waals surface area contributed by atoms with Crippen LogP contribution < -0.4 is 15.0 Å². The first-order valence-electron chi connectivity index (χ1n) is 9.24. The van der Waals surface area contributed by atoms with E-state index in [0.717, 1.165) is 29.2 Å². The van der Waals surface area contributed by atoms with E-state index in [2.05, 4.69) is 5.32 Å². The highest BCUT2D eigenvalue weighted by Crippen LogP contribution is 2.39. The molecule has 1 heterocycles. The zero-order valence-electron chi connectivity index (χ0n) is 16.5. The van der Waals surface area contributed by atoms with Gasteiger partial charge in [0, 0.05) is 16.8 Å². The smallest absolute Gasteiger partial charge is 0.282 e. The first-order valence-corrected chi connectivity index (χ1v) is 9.62. The molecular weight excluding hydrogens is 445 g/mol. The van der Waals surface area contributed by atoms with Crippen LogP contribution in [0.15, 0.2) is 66.4 Å². The maximum atomic E-state index is 13.7. The minimum atomic E-state index is -1.14. The number of nitrogens with one attached hydrogen (secondary N) is 1. The summed E-state index contributed by atoms with van der Waals surface area (Å²) in [7, 11) is 1.37. The fraction of sp³-hybridized carbons (Fsp3) is 0.0435. The van der Waals surface area contributed by atoms with Gasteiger partial charge < -0.3 is 10.1 Å². The fourth-order valence-electron chi connectivity index (χ4n) is 3.30. The number of halogens is 4. The van der Waals surface area contributed by atoms with Crippen molar-refractivity contribution in [2.75, 3.05) is 17.3 Å². The number of methoxy groups -OCH3 is 1. The largest absolute Gasteiger partial charge is 0.495 e. The van der Waals surface area contributed by atoms with E-state index in [1.165, 1.54) is 43.5 Å². The molecule has 0 atom stereocenters. The van der Waals surface area contributed by atoms with Crippen LogP contribution in [-0.4, -0.2) is 18.9 Å². The lowest BCUT2D eigenvalue weighted by Gasteiger charge is -2.18. The van der Waals surface area contributed by atoms with Gasteiger partial charge in [0.2, 0.25) is 0 Å². The number of carbonyl (C=O) groups excluding carboxylic acids is 2. The number of anilines is 2. The van der Waals surface area contributed by atoms with Crippen molar-refractivity contribution in [2.45, 2.75) is 0 Å². The molecule has 2 amide bonds. The Morgan fingerprint density at radius 3 is 2.25 bits per heavy atom. The second-order valence-electron chi connectivity index (χ2n) is 6.77. The predicted molar refractivity (Wildman–Crippen MR) is 114 cm³/mol. The van der Waals surface area contributed by atoms with E-state index in [1.54, 1.807) is 0 Å². The van der Waals surface area contributed by atoms with E-state index < -0.39 is 29.3 Å². The zero-order chi connectivity index (χ0) is 23.0. The number of hydrogen-bond acceptors (Lipinski definition) is 4. The zero-order valence-corrected chi connectivity index (χ0v) is 17.2. The highest BCUT2D eigenvalue weighted by atomic mass is 35.5. The lowest BCUT2D eigenvalue weighted by molar-refractivity contribution is -0.120. The molecule has 32 heavy (non-hydrogen) atoms. The molecule has 0 aliphatic carbocycles. The molecule has 5 nitrogen and oxygen atoms in total. The second kappa shape index (κ2) is 8.39. The second-order valence-corrected chi connectivity index (χ2v) is 7.21. The standard InChI is InChI=1S/C23H14ClF3N2O3/c1-32-19-9-4-13(24)10-18(19)29-22(30)20(12-2-5-14(25)6-3-12)21(23(29)31)28-15-7-8-16(26)17(27)11-15/h2-11,28H,1H3. The fourth-order valence-corrected chi connectivity index (χ4v) is 3.47. The molecule has 0 bridgehead atoms. The van der Waals surface area contributed by atoms with Gasteiger partial charge in [-0.05, 0) is 48.0 Å². The molecule has 3 aromatic rings. The van der Waals surface area contributed by atoms with Gasteiger partial charge in [-0.1, -0.05) is 23.7 Å². The SMILES string of the molecule is COc1ccc(Cl)cc1N1C(=O)C(Nc2ccc(F)c(F)c2)=C(c2ccc(F)cc2)C1=O. The van der Waals surface area contributed by atoms with Gasteiger partial charge in [0.25, 0.3) is 11.8 Å². The normalized spacial score (nSPS) is 13.7. The van der Waals surface area contributed by atoms with Crippen LogP contribution in [0.2, 0.25) is 5.02 Å². The number of amides is 2. The summed E-state index contributed by atoms with van der Waals surface area (Å²) < 4.78 is 45.8. The Bertz CT molecular complexity index is 1280. The van der Waals surface area contributed by atoms with Crippen LogP contribution in [-0.2, 0) is 9.59 Å². The summed E-state index contributed by atoms with van der Waals surface area (Å²) in [6, 6.07) is 12.3. The third-order valence-corrected chi connectivity index (χ3v) is 5.02. The van der Waals surface area contributed by atoms with Gasteiger partial charge in [-0.15, -0.1) is 0 Å². The number of hydrogen-bond donors (Lipinski definition) is 1. The van der Waals surface area contributed by atoms with E-state index in [1.807, 2.05) is 0 Å². The van der Waals surface area contributed by atoms with Gasteiger partial charge in [-0.2, -0.15) is 0 Å². The molecule has 0 saturated carbocycles. The number of ether oxygens (including phenoxy) is 1. The van der Waals surface area contributed by atoms with Crippen molar-refractivity contribution in [1.29, 1.82) is 0 Å². The average molecular weight is 459 g/mol. The van der Waals surface area contributed by atoms with E-state index in [9.17, 15) is 22.8 Å². The predicted octanol–water partition coefficient (Wildman–Crippen LogP) is 5.16. The average Bonchev–Trinajstić information content (AvgIpc) is 3.00. The van der Waals surface area contributed by atoms with E-state index >= 15 is 0 Å². The first-order chi connectivity index (χ1) is 15.3. The topological polar surface area (TPSA) is 58.6 Å². The molecule has 3 aromatic carbocycles. The molecule has 9 heteroatoms. The lowest BCUT2D eigenvalue weighted by Crippen LogP contribution is -2.32. The first kappa shape index (κ1) is 21.5. The molecule has 0 saturated heterocycles. The van der Waals surface area contributed by atoms with Crippen molar-refractivity contribution in [3.8, 4) is 5.75 Å².